The van der Waals surface area contributed by atoms with Crippen molar-refractivity contribution in [2.24, 2.45) is 11.1 Å². The monoisotopic (exact) mass is 352 g/mol. The fourth-order valence-electron chi connectivity index (χ4n) is 1.69. The molecule has 1 amide bonds. The van der Waals surface area contributed by atoms with E-state index >= 15 is 0 Å². The maximum atomic E-state index is 12.2. The SMILES string of the molecule is CCC(C)C(C)NC(=O)c1cc(Cl)c(Cl)c(S(N)(=O)=O)c1. The van der Waals surface area contributed by atoms with Crippen molar-refractivity contribution in [1.29, 1.82) is 0 Å². The first-order valence-electron chi connectivity index (χ1n) is 6.40. The van der Waals surface area contributed by atoms with E-state index < -0.39 is 15.9 Å². The van der Waals surface area contributed by atoms with Crippen molar-refractivity contribution in [3.63, 3.8) is 0 Å². The molecule has 5 nitrogen and oxygen atoms in total. The summed E-state index contributed by atoms with van der Waals surface area (Å²) in [7, 11) is -4.06. The first-order valence-corrected chi connectivity index (χ1v) is 8.70. The largest absolute Gasteiger partial charge is 0.349 e. The smallest absolute Gasteiger partial charge is 0.251 e. The molecular formula is C13H18Cl2N2O3S. The summed E-state index contributed by atoms with van der Waals surface area (Å²) < 4.78 is 22.9. The van der Waals surface area contributed by atoms with Crippen LogP contribution in [0, 0.1) is 5.92 Å². The first-order chi connectivity index (χ1) is 9.57. The molecule has 1 aromatic carbocycles. The predicted octanol–water partition coefficient (Wildman–Crippen LogP) is 2.81. The van der Waals surface area contributed by atoms with Crippen molar-refractivity contribution in [2.45, 2.75) is 38.1 Å². The topological polar surface area (TPSA) is 89.3 Å². The van der Waals surface area contributed by atoms with Crippen LogP contribution in [0.2, 0.25) is 10.0 Å². The van der Waals surface area contributed by atoms with Gasteiger partial charge in [0.1, 0.15) is 4.90 Å². The van der Waals surface area contributed by atoms with Crippen LogP contribution in [0.25, 0.3) is 0 Å². The van der Waals surface area contributed by atoms with Gasteiger partial charge < -0.3 is 5.32 Å². The van der Waals surface area contributed by atoms with Crippen LogP contribution in [0.3, 0.4) is 0 Å². The van der Waals surface area contributed by atoms with Crippen LogP contribution in [0.5, 0.6) is 0 Å². The lowest BCUT2D eigenvalue weighted by Gasteiger charge is -2.20. The molecule has 0 saturated heterocycles. The van der Waals surface area contributed by atoms with Gasteiger partial charge in [0.15, 0.2) is 0 Å². The quantitative estimate of drug-likeness (QED) is 0.853. The summed E-state index contributed by atoms with van der Waals surface area (Å²) in [5.74, 6) is -0.138. The number of carbonyl (C=O) groups is 1. The summed E-state index contributed by atoms with van der Waals surface area (Å²) in [6, 6.07) is 2.38. The Bertz CT molecular complexity index is 647. The summed E-state index contributed by atoms with van der Waals surface area (Å²) in [6.45, 7) is 5.91. The molecule has 118 valence electrons. The second-order valence-corrected chi connectivity index (χ2v) is 7.28. The minimum absolute atomic E-state index is 0.0375. The van der Waals surface area contributed by atoms with Gasteiger partial charge in [-0.1, -0.05) is 43.5 Å². The Morgan fingerprint density at radius 2 is 1.90 bits per heavy atom. The van der Waals surface area contributed by atoms with Gasteiger partial charge in [-0.05, 0) is 25.0 Å². The van der Waals surface area contributed by atoms with E-state index in [2.05, 4.69) is 5.32 Å². The molecule has 2 atom stereocenters. The molecule has 0 radical (unpaired) electrons. The molecule has 8 heteroatoms. The Kier molecular flexibility index (Phi) is 6.04. The van der Waals surface area contributed by atoms with Gasteiger partial charge in [-0.3, -0.25) is 4.79 Å². The van der Waals surface area contributed by atoms with Crippen LogP contribution in [0.4, 0.5) is 0 Å². The zero-order chi connectivity index (χ0) is 16.4. The van der Waals surface area contributed by atoms with Crippen LogP contribution in [0.1, 0.15) is 37.6 Å². The molecule has 0 aliphatic heterocycles. The predicted molar refractivity (Wildman–Crippen MR) is 84.2 cm³/mol. The number of halogens is 2. The molecule has 0 heterocycles. The molecule has 0 bridgehead atoms. The Hall–Kier alpha value is -0.820. The van der Waals surface area contributed by atoms with Gasteiger partial charge in [-0.15, -0.1) is 0 Å². The summed E-state index contributed by atoms with van der Waals surface area (Å²) in [5, 5.41) is 7.63. The van der Waals surface area contributed by atoms with Crippen LogP contribution < -0.4 is 10.5 Å². The summed E-state index contributed by atoms with van der Waals surface area (Å²) in [5.41, 5.74) is 0.101. The maximum Gasteiger partial charge on any atom is 0.251 e. The number of carbonyl (C=O) groups excluding carboxylic acids is 1. The molecule has 0 fully saturated rings. The van der Waals surface area contributed by atoms with Gasteiger partial charge in [0.2, 0.25) is 10.0 Å². The second kappa shape index (κ2) is 6.96. The van der Waals surface area contributed by atoms with Crippen molar-refractivity contribution in [2.75, 3.05) is 0 Å². The Morgan fingerprint density at radius 1 is 1.33 bits per heavy atom. The Balaban J connectivity index is 3.15. The normalized spacial score (nSPS) is 14.6. The number of sulfonamides is 1. The summed E-state index contributed by atoms with van der Waals surface area (Å²) in [6.07, 6.45) is 0.908. The molecule has 0 aliphatic rings. The van der Waals surface area contributed by atoms with Crippen LogP contribution in [-0.2, 0) is 10.0 Å². The van der Waals surface area contributed by atoms with Gasteiger partial charge in [0.25, 0.3) is 5.91 Å². The molecule has 1 aromatic rings. The van der Waals surface area contributed by atoms with E-state index in [1.54, 1.807) is 0 Å². The molecule has 2 unspecified atom stereocenters. The Labute approximate surface area is 134 Å². The zero-order valence-corrected chi connectivity index (χ0v) is 14.3. The molecule has 21 heavy (non-hydrogen) atoms. The average molecular weight is 353 g/mol. The van der Waals surface area contributed by atoms with Crippen LogP contribution in [0.15, 0.2) is 17.0 Å². The third kappa shape index (κ3) is 4.57. The van der Waals surface area contributed by atoms with Crippen LogP contribution >= 0.6 is 23.2 Å². The van der Waals surface area contributed by atoms with Crippen molar-refractivity contribution >= 4 is 39.1 Å². The minimum atomic E-state index is -4.06. The first kappa shape index (κ1) is 18.2. The van der Waals surface area contributed by atoms with Gasteiger partial charge in [-0.25, -0.2) is 13.6 Å². The highest BCUT2D eigenvalue weighted by atomic mass is 35.5. The van der Waals surface area contributed by atoms with Gasteiger partial charge in [-0.2, -0.15) is 0 Å². The van der Waals surface area contributed by atoms with Crippen molar-refractivity contribution in [3.8, 4) is 0 Å². The van der Waals surface area contributed by atoms with Gasteiger partial charge in [0.05, 0.1) is 10.0 Å². The summed E-state index contributed by atoms with van der Waals surface area (Å²) in [4.78, 5) is 11.8. The third-order valence-electron chi connectivity index (χ3n) is 3.42. The van der Waals surface area contributed by atoms with E-state index in [1.807, 2.05) is 20.8 Å². The number of nitrogens with one attached hydrogen (secondary N) is 1. The molecule has 0 aliphatic carbocycles. The number of rotatable bonds is 5. The minimum Gasteiger partial charge on any atom is -0.349 e. The molecule has 0 saturated carbocycles. The van der Waals surface area contributed by atoms with E-state index in [4.69, 9.17) is 28.3 Å². The molecule has 0 spiro atoms. The van der Waals surface area contributed by atoms with Crippen molar-refractivity contribution < 1.29 is 13.2 Å². The van der Waals surface area contributed by atoms with E-state index in [0.717, 1.165) is 12.5 Å². The number of nitrogens with two attached hydrogens (primary N) is 1. The zero-order valence-electron chi connectivity index (χ0n) is 12.0. The maximum absolute atomic E-state index is 12.2. The second-order valence-electron chi connectivity index (χ2n) is 4.96. The molecule has 3 N–H and O–H groups in total. The fraction of sp³-hybridized carbons (Fsp3) is 0.462. The standard InChI is InChI=1S/C13H18Cl2N2O3S/c1-4-7(2)8(3)17-13(18)9-5-10(14)12(15)11(6-9)21(16,19)20/h5-8H,4H2,1-3H3,(H,17,18)(H2,16,19,20). The van der Waals surface area contributed by atoms with Crippen LogP contribution in [-0.4, -0.2) is 20.4 Å². The Morgan fingerprint density at radius 3 is 2.38 bits per heavy atom. The molecule has 1 rings (SSSR count). The van der Waals surface area contributed by atoms with E-state index in [1.165, 1.54) is 6.07 Å². The highest BCUT2D eigenvalue weighted by Gasteiger charge is 2.21. The van der Waals surface area contributed by atoms with Gasteiger partial charge in [0, 0.05) is 11.6 Å². The van der Waals surface area contributed by atoms with Crippen molar-refractivity contribution in [3.05, 3.63) is 27.7 Å². The third-order valence-corrected chi connectivity index (χ3v) is 5.27. The van der Waals surface area contributed by atoms with Crippen molar-refractivity contribution in [1.82, 2.24) is 5.32 Å². The number of primary sulfonamides is 1. The lowest BCUT2D eigenvalue weighted by Crippen LogP contribution is -2.37. The number of hydrogen-bond donors (Lipinski definition) is 2. The molecule has 0 aromatic heterocycles. The van der Waals surface area contributed by atoms with E-state index in [-0.39, 0.29) is 32.5 Å². The number of hydrogen-bond acceptors (Lipinski definition) is 3. The number of amides is 1. The van der Waals surface area contributed by atoms with E-state index in [9.17, 15) is 13.2 Å². The highest BCUT2D eigenvalue weighted by molar-refractivity contribution is 7.89. The number of benzene rings is 1. The highest BCUT2D eigenvalue weighted by Crippen LogP contribution is 2.30. The average Bonchev–Trinajstić information content (AvgIpc) is 2.38. The van der Waals surface area contributed by atoms with Gasteiger partial charge >= 0.3 is 0 Å². The fourth-order valence-corrected chi connectivity index (χ4v) is 3.05. The molecular weight excluding hydrogens is 335 g/mol. The van der Waals surface area contributed by atoms with E-state index in [0.29, 0.717) is 0 Å². The lowest BCUT2D eigenvalue weighted by atomic mass is 10.0. The lowest BCUT2D eigenvalue weighted by molar-refractivity contribution is 0.0928. The summed E-state index contributed by atoms with van der Waals surface area (Å²) >= 11 is 11.7.